The fraction of sp³-hybridized carbons (Fsp3) is 0.923. The zero-order valence-corrected chi connectivity index (χ0v) is 20.5. The predicted octanol–water partition coefficient (Wildman–Crippen LogP) is 6.78. The Bertz CT molecular complexity index is 542. The van der Waals surface area contributed by atoms with Gasteiger partial charge in [0, 0.05) is 0 Å². The molecule has 3 atom stereocenters. The molecule has 5 heteroatoms. The molecule has 0 radical (unpaired) electrons. The molecule has 180 valence electrons. The third-order valence-electron chi connectivity index (χ3n) is 7.39. The number of esters is 1. The molecule has 2 aliphatic carbocycles. The summed E-state index contributed by atoms with van der Waals surface area (Å²) in [5.41, 5.74) is -0.897. The minimum Gasteiger partial charge on any atom is -0.464 e. The fourth-order valence-corrected chi connectivity index (χ4v) is 5.33. The molecule has 0 bridgehead atoms. The lowest BCUT2D eigenvalue weighted by Crippen LogP contribution is -2.54. The van der Waals surface area contributed by atoms with Gasteiger partial charge in [-0.2, -0.15) is 0 Å². The smallest absolute Gasteiger partial charge is 0.408 e. The van der Waals surface area contributed by atoms with Gasteiger partial charge in [-0.1, -0.05) is 85.5 Å². The van der Waals surface area contributed by atoms with Gasteiger partial charge in [-0.25, -0.2) is 9.59 Å². The Hall–Kier alpha value is -1.26. The SMILES string of the molecule is CCCCCCCCCOC(=O)C1(NC(=O)OC2CC(C)CCC2C(C)C)CCCC1. The molecular weight excluding hydrogens is 390 g/mol. The fourth-order valence-electron chi connectivity index (χ4n) is 5.33. The van der Waals surface area contributed by atoms with Crippen LogP contribution in [0.2, 0.25) is 0 Å². The molecule has 5 nitrogen and oxygen atoms in total. The highest BCUT2D eigenvalue weighted by Gasteiger charge is 2.45. The van der Waals surface area contributed by atoms with Gasteiger partial charge >= 0.3 is 12.1 Å². The van der Waals surface area contributed by atoms with Gasteiger partial charge in [0.15, 0.2) is 0 Å². The second-order valence-electron chi connectivity index (χ2n) is 10.4. The van der Waals surface area contributed by atoms with E-state index in [0.717, 1.165) is 38.5 Å². The Balaban J connectivity index is 1.80. The van der Waals surface area contributed by atoms with Crippen LogP contribution in [-0.4, -0.2) is 30.3 Å². The molecule has 2 aliphatic rings. The third kappa shape index (κ3) is 8.31. The highest BCUT2D eigenvalue weighted by molar-refractivity contribution is 5.86. The van der Waals surface area contributed by atoms with Gasteiger partial charge in [-0.15, -0.1) is 0 Å². The predicted molar refractivity (Wildman–Crippen MR) is 125 cm³/mol. The van der Waals surface area contributed by atoms with E-state index in [1.807, 2.05) is 0 Å². The summed E-state index contributed by atoms with van der Waals surface area (Å²) in [6.45, 7) is 9.30. The number of carbonyl (C=O) groups excluding carboxylic acids is 2. The Morgan fingerprint density at radius 2 is 1.65 bits per heavy atom. The average Bonchev–Trinajstić information content (AvgIpc) is 3.19. The van der Waals surface area contributed by atoms with E-state index in [-0.39, 0.29) is 12.1 Å². The lowest BCUT2D eigenvalue weighted by molar-refractivity contribution is -0.151. The highest BCUT2D eigenvalue weighted by Crippen LogP contribution is 2.36. The monoisotopic (exact) mass is 437 g/mol. The molecule has 0 aliphatic heterocycles. The van der Waals surface area contributed by atoms with Crippen LogP contribution < -0.4 is 5.32 Å². The second kappa shape index (κ2) is 13.3. The number of amides is 1. The Labute approximate surface area is 190 Å². The summed E-state index contributed by atoms with van der Waals surface area (Å²) in [7, 11) is 0. The molecule has 2 fully saturated rings. The van der Waals surface area contributed by atoms with Crippen molar-refractivity contribution in [3.63, 3.8) is 0 Å². The number of hydrogen-bond acceptors (Lipinski definition) is 4. The largest absolute Gasteiger partial charge is 0.464 e. The van der Waals surface area contributed by atoms with Crippen LogP contribution in [0, 0.1) is 17.8 Å². The summed E-state index contributed by atoms with van der Waals surface area (Å²) in [4.78, 5) is 25.7. The van der Waals surface area contributed by atoms with E-state index in [1.165, 1.54) is 38.5 Å². The molecule has 0 heterocycles. The Kier molecular flexibility index (Phi) is 11.2. The molecule has 2 saturated carbocycles. The number of carbonyl (C=O) groups is 2. The van der Waals surface area contributed by atoms with Crippen molar-refractivity contribution in [3.05, 3.63) is 0 Å². The number of ether oxygens (including phenoxy) is 2. The molecule has 0 saturated heterocycles. The molecule has 31 heavy (non-hydrogen) atoms. The topological polar surface area (TPSA) is 64.6 Å². The summed E-state index contributed by atoms with van der Waals surface area (Å²) in [5.74, 6) is 1.17. The van der Waals surface area contributed by atoms with Crippen molar-refractivity contribution in [3.8, 4) is 0 Å². The van der Waals surface area contributed by atoms with Crippen molar-refractivity contribution < 1.29 is 19.1 Å². The van der Waals surface area contributed by atoms with Gasteiger partial charge in [0.25, 0.3) is 0 Å². The quantitative estimate of drug-likeness (QED) is 0.270. The number of hydrogen-bond donors (Lipinski definition) is 1. The molecule has 0 aromatic carbocycles. The van der Waals surface area contributed by atoms with Gasteiger partial charge in [0.2, 0.25) is 0 Å². The molecular formula is C26H47NO4. The van der Waals surface area contributed by atoms with Crippen molar-refractivity contribution in [2.24, 2.45) is 17.8 Å². The van der Waals surface area contributed by atoms with Gasteiger partial charge < -0.3 is 14.8 Å². The first kappa shape index (κ1) is 26.0. The highest BCUT2D eigenvalue weighted by atomic mass is 16.6. The number of nitrogens with one attached hydrogen (secondary N) is 1. The van der Waals surface area contributed by atoms with Crippen molar-refractivity contribution >= 4 is 12.1 Å². The van der Waals surface area contributed by atoms with Crippen LogP contribution in [0.25, 0.3) is 0 Å². The van der Waals surface area contributed by atoms with E-state index >= 15 is 0 Å². The van der Waals surface area contributed by atoms with Crippen molar-refractivity contribution in [2.45, 2.75) is 129 Å². The van der Waals surface area contributed by atoms with Crippen LogP contribution in [0.1, 0.15) is 118 Å². The number of rotatable bonds is 12. The Morgan fingerprint density at radius 1 is 1.00 bits per heavy atom. The van der Waals surface area contributed by atoms with E-state index in [0.29, 0.717) is 37.2 Å². The average molecular weight is 438 g/mol. The van der Waals surface area contributed by atoms with Crippen LogP contribution in [-0.2, 0) is 14.3 Å². The standard InChI is InChI=1S/C26H47NO4/c1-5-6-7-8-9-10-13-18-30-24(28)26(16-11-12-17-26)27-25(29)31-23-19-21(4)14-15-22(23)20(2)3/h20-23H,5-19H2,1-4H3,(H,27,29). The lowest BCUT2D eigenvalue weighted by Gasteiger charge is -2.37. The van der Waals surface area contributed by atoms with Crippen molar-refractivity contribution in [1.82, 2.24) is 5.32 Å². The summed E-state index contributed by atoms with van der Waals surface area (Å²) in [6.07, 6.45) is 14.2. The summed E-state index contributed by atoms with van der Waals surface area (Å²) in [6, 6.07) is 0. The van der Waals surface area contributed by atoms with E-state index in [1.54, 1.807) is 0 Å². The van der Waals surface area contributed by atoms with Crippen molar-refractivity contribution in [1.29, 1.82) is 0 Å². The van der Waals surface area contributed by atoms with Crippen LogP contribution in [0.5, 0.6) is 0 Å². The zero-order valence-electron chi connectivity index (χ0n) is 20.5. The summed E-state index contributed by atoms with van der Waals surface area (Å²) >= 11 is 0. The summed E-state index contributed by atoms with van der Waals surface area (Å²) < 4.78 is 11.5. The van der Waals surface area contributed by atoms with E-state index in [2.05, 4.69) is 33.0 Å². The molecule has 2 rings (SSSR count). The molecule has 0 aromatic rings. The minimum absolute atomic E-state index is 0.0640. The van der Waals surface area contributed by atoms with Crippen LogP contribution in [0.4, 0.5) is 4.79 Å². The van der Waals surface area contributed by atoms with Gasteiger partial charge in [0.1, 0.15) is 11.6 Å². The maximum Gasteiger partial charge on any atom is 0.408 e. The zero-order chi connectivity index (χ0) is 22.7. The molecule has 3 unspecified atom stereocenters. The third-order valence-corrected chi connectivity index (χ3v) is 7.39. The van der Waals surface area contributed by atoms with E-state index < -0.39 is 11.6 Å². The Morgan fingerprint density at radius 3 is 2.29 bits per heavy atom. The number of unbranched alkanes of at least 4 members (excludes halogenated alkanes) is 6. The molecule has 1 amide bonds. The van der Waals surface area contributed by atoms with Crippen LogP contribution in [0.15, 0.2) is 0 Å². The first-order valence-corrected chi connectivity index (χ1v) is 13.0. The van der Waals surface area contributed by atoms with Gasteiger partial charge in [-0.05, 0) is 49.9 Å². The van der Waals surface area contributed by atoms with Gasteiger partial charge in [-0.3, -0.25) is 0 Å². The maximum absolute atomic E-state index is 12.9. The molecule has 0 aromatic heterocycles. The van der Waals surface area contributed by atoms with Gasteiger partial charge in [0.05, 0.1) is 6.61 Å². The second-order valence-corrected chi connectivity index (χ2v) is 10.4. The summed E-state index contributed by atoms with van der Waals surface area (Å²) in [5, 5.41) is 2.95. The van der Waals surface area contributed by atoms with Crippen molar-refractivity contribution in [2.75, 3.05) is 6.61 Å². The normalized spacial score (nSPS) is 25.4. The first-order valence-electron chi connectivity index (χ1n) is 13.0. The van der Waals surface area contributed by atoms with Crippen LogP contribution >= 0.6 is 0 Å². The molecule has 0 spiro atoms. The lowest BCUT2D eigenvalue weighted by atomic mass is 9.75. The first-order chi connectivity index (χ1) is 14.9. The van der Waals surface area contributed by atoms with E-state index in [9.17, 15) is 9.59 Å². The van der Waals surface area contributed by atoms with Crippen LogP contribution in [0.3, 0.4) is 0 Å². The molecule has 1 N–H and O–H groups in total. The maximum atomic E-state index is 12.9. The number of alkyl carbamates (subject to hydrolysis) is 1. The minimum atomic E-state index is -0.897. The van der Waals surface area contributed by atoms with E-state index in [4.69, 9.17) is 9.47 Å².